The zero-order valence-corrected chi connectivity index (χ0v) is 56.5. The summed E-state index contributed by atoms with van der Waals surface area (Å²) in [6.07, 6.45) is 92.5. The highest BCUT2D eigenvalue weighted by Crippen LogP contribution is 2.20. The number of carbonyl (C=O) groups excluding carboxylic acids is 2. The van der Waals surface area contributed by atoms with Crippen LogP contribution in [0.15, 0.2) is 24.3 Å². The lowest BCUT2D eigenvalue weighted by atomic mass is 10.0. The summed E-state index contributed by atoms with van der Waals surface area (Å²) in [4.78, 5) is 24.6. The summed E-state index contributed by atoms with van der Waals surface area (Å²) in [6, 6.07) is -0.541. The topological polar surface area (TPSA) is 95.9 Å². The molecular weight excluding hydrogens is 1020 g/mol. The van der Waals surface area contributed by atoms with Gasteiger partial charge in [0, 0.05) is 12.8 Å². The number of hydrogen-bond acceptors (Lipinski definition) is 5. The van der Waals surface area contributed by atoms with Crippen LogP contribution in [0.25, 0.3) is 0 Å². The summed E-state index contributed by atoms with van der Waals surface area (Å²) >= 11 is 0. The maximum atomic E-state index is 12.5. The molecule has 0 fully saturated rings. The van der Waals surface area contributed by atoms with Crippen LogP contribution in [0.3, 0.4) is 0 Å². The van der Waals surface area contributed by atoms with Crippen LogP contribution >= 0.6 is 0 Å². The van der Waals surface area contributed by atoms with Crippen molar-refractivity contribution in [1.82, 2.24) is 5.32 Å². The maximum Gasteiger partial charge on any atom is 0.305 e. The van der Waals surface area contributed by atoms with E-state index < -0.39 is 12.1 Å². The van der Waals surface area contributed by atoms with Gasteiger partial charge >= 0.3 is 5.97 Å². The first-order valence-electron chi connectivity index (χ1n) is 38.1. The van der Waals surface area contributed by atoms with E-state index in [0.29, 0.717) is 25.9 Å². The van der Waals surface area contributed by atoms with Crippen LogP contribution in [-0.4, -0.2) is 47.4 Å². The molecule has 0 rings (SSSR count). The van der Waals surface area contributed by atoms with Gasteiger partial charge in [-0.1, -0.05) is 385 Å². The molecule has 0 aromatic rings. The number of rotatable bonds is 72. The van der Waals surface area contributed by atoms with Crippen molar-refractivity contribution in [3.05, 3.63) is 24.3 Å². The predicted octanol–water partition coefficient (Wildman–Crippen LogP) is 24.9. The molecule has 0 spiro atoms. The first-order chi connectivity index (χ1) is 41.0. The Morgan fingerprint density at radius 2 is 0.602 bits per heavy atom. The second-order valence-electron chi connectivity index (χ2n) is 26.3. The lowest BCUT2D eigenvalue weighted by Gasteiger charge is -2.22. The minimum Gasteiger partial charge on any atom is -0.466 e. The summed E-state index contributed by atoms with van der Waals surface area (Å²) in [7, 11) is 0. The van der Waals surface area contributed by atoms with Gasteiger partial charge in [-0.05, 0) is 57.8 Å². The number of ether oxygens (including phenoxy) is 1. The van der Waals surface area contributed by atoms with E-state index in [4.69, 9.17) is 4.74 Å². The summed E-state index contributed by atoms with van der Waals surface area (Å²) < 4.78 is 5.51. The minimum absolute atomic E-state index is 0.0189. The second kappa shape index (κ2) is 72.8. The molecule has 0 aliphatic carbocycles. The maximum absolute atomic E-state index is 12.5. The highest BCUT2D eigenvalue weighted by atomic mass is 16.5. The number of amides is 1. The Labute approximate surface area is 520 Å². The Morgan fingerprint density at radius 1 is 0.337 bits per heavy atom. The van der Waals surface area contributed by atoms with Crippen molar-refractivity contribution in [1.29, 1.82) is 0 Å². The molecule has 0 aromatic heterocycles. The summed E-state index contributed by atoms with van der Waals surface area (Å²) in [5.74, 6) is -0.0118. The zero-order valence-electron chi connectivity index (χ0n) is 56.5. The van der Waals surface area contributed by atoms with Gasteiger partial charge in [-0.15, -0.1) is 0 Å². The van der Waals surface area contributed by atoms with E-state index in [-0.39, 0.29) is 18.5 Å². The molecule has 83 heavy (non-hydrogen) atoms. The Balaban J connectivity index is 3.36. The molecule has 0 saturated heterocycles. The molecule has 492 valence electrons. The van der Waals surface area contributed by atoms with Gasteiger partial charge in [-0.2, -0.15) is 0 Å². The standard InChI is InChI=1S/C77H149NO5/c1-3-5-7-9-11-13-15-17-19-21-35-39-43-47-51-55-59-63-67-71-77(82)83-72-68-64-60-56-52-48-44-40-37-34-32-30-28-26-24-22-23-25-27-29-31-33-36-38-42-46-50-54-58-62-66-70-76(81)78-74(73-79)75(80)69-65-61-57-53-49-45-41-20-18-16-14-12-10-8-6-4-2/h24,26,30,32,74-75,79-80H,3-23,25,27-29,31,33-73H2,1-2H3,(H,78,81)/b26-24-,32-30-. The van der Waals surface area contributed by atoms with E-state index >= 15 is 0 Å². The van der Waals surface area contributed by atoms with Gasteiger partial charge in [0.15, 0.2) is 0 Å². The van der Waals surface area contributed by atoms with Crippen LogP contribution in [0.4, 0.5) is 0 Å². The average molecular weight is 1170 g/mol. The Morgan fingerprint density at radius 3 is 0.916 bits per heavy atom. The zero-order chi connectivity index (χ0) is 59.9. The van der Waals surface area contributed by atoms with Crippen LogP contribution in [0.2, 0.25) is 0 Å². The molecule has 0 heterocycles. The molecule has 6 heteroatoms. The van der Waals surface area contributed by atoms with Gasteiger partial charge in [-0.25, -0.2) is 0 Å². The van der Waals surface area contributed by atoms with Crippen molar-refractivity contribution in [3.8, 4) is 0 Å². The molecule has 2 unspecified atom stereocenters. The Bertz CT molecular complexity index is 1300. The van der Waals surface area contributed by atoms with Crippen molar-refractivity contribution in [2.75, 3.05) is 13.2 Å². The van der Waals surface area contributed by atoms with Gasteiger partial charge in [-0.3, -0.25) is 9.59 Å². The fraction of sp³-hybridized carbons (Fsp3) is 0.922. The molecule has 0 aromatic carbocycles. The van der Waals surface area contributed by atoms with Gasteiger partial charge in [0.1, 0.15) is 0 Å². The Hall–Kier alpha value is -1.66. The Kier molecular flexibility index (Phi) is 71.4. The van der Waals surface area contributed by atoms with Crippen LogP contribution < -0.4 is 5.32 Å². The molecule has 0 saturated carbocycles. The SMILES string of the molecule is CCCCCCCCCCCCCCCCCCCCCC(=O)OCCCCCCCCCCC/C=C\C/C=C\CCCCCCCCCCCCCCCCCC(=O)NC(CO)C(O)CCCCCCCCCCCCCCCCCC. The molecule has 0 bridgehead atoms. The second-order valence-corrected chi connectivity index (χ2v) is 26.3. The molecule has 1 amide bonds. The van der Waals surface area contributed by atoms with Gasteiger partial charge in [0.25, 0.3) is 0 Å². The third kappa shape index (κ3) is 69.3. The van der Waals surface area contributed by atoms with E-state index in [1.54, 1.807) is 0 Å². The average Bonchev–Trinajstić information content (AvgIpc) is 3.49. The van der Waals surface area contributed by atoms with Crippen molar-refractivity contribution in [2.45, 2.75) is 443 Å². The third-order valence-corrected chi connectivity index (χ3v) is 18.0. The molecule has 0 aliphatic rings. The van der Waals surface area contributed by atoms with Crippen LogP contribution in [0.1, 0.15) is 431 Å². The van der Waals surface area contributed by atoms with Crippen molar-refractivity contribution in [3.63, 3.8) is 0 Å². The normalized spacial score (nSPS) is 12.6. The van der Waals surface area contributed by atoms with E-state index in [1.807, 2.05) is 0 Å². The highest BCUT2D eigenvalue weighted by molar-refractivity contribution is 5.76. The number of esters is 1. The number of carbonyl (C=O) groups is 2. The number of hydrogen-bond donors (Lipinski definition) is 3. The van der Waals surface area contributed by atoms with Crippen molar-refractivity contribution >= 4 is 11.9 Å². The predicted molar refractivity (Wildman–Crippen MR) is 366 cm³/mol. The lowest BCUT2D eigenvalue weighted by molar-refractivity contribution is -0.143. The van der Waals surface area contributed by atoms with E-state index in [1.165, 1.54) is 353 Å². The number of unbranched alkanes of at least 4 members (excludes halogenated alkanes) is 57. The highest BCUT2D eigenvalue weighted by Gasteiger charge is 2.20. The largest absolute Gasteiger partial charge is 0.466 e. The van der Waals surface area contributed by atoms with Gasteiger partial charge in [0.05, 0.1) is 25.4 Å². The van der Waals surface area contributed by atoms with Crippen LogP contribution in [0, 0.1) is 0 Å². The molecule has 3 N–H and O–H groups in total. The van der Waals surface area contributed by atoms with Crippen LogP contribution in [-0.2, 0) is 14.3 Å². The minimum atomic E-state index is -0.664. The summed E-state index contributed by atoms with van der Waals surface area (Å²) in [5.41, 5.74) is 0. The lowest BCUT2D eigenvalue weighted by Crippen LogP contribution is -2.45. The summed E-state index contributed by atoms with van der Waals surface area (Å²) in [5, 5.41) is 23.4. The van der Waals surface area contributed by atoms with E-state index in [9.17, 15) is 19.8 Å². The fourth-order valence-corrected chi connectivity index (χ4v) is 12.2. The van der Waals surface area contributed by atoms with Gasteiger partial charge in [0.2, 0.25) is 5.91 Å². The van der Waals surface area contributed by atoms with Crippen LogP contribution in [0.5, 0.6) is 0 Å². The fourth-order valence-electron chi connectivity index (χ4n) is 12.2. The molecule has 0 aliphatic heterocycles. The van der Waals surface area contributed by atoms with E-state index in [0.717, 1.165) is 44.9 Å². The number of aliphatic hydroxyl groups is 2. The number of nitrogens with one attached hydrogen (secondary N) is 1. The molecule has 6 nitrogen and oxygen atoms in total. The number of aliphatic hydroxyl groups excluding tert-OH is 2. The summed E-state index contributed by atoms with van der Waals surface area (Å²) in [6.45, 7) is 5.00. The van der Waals surface area contributed by atoms with Crippen molar-refractivity contribution in [2.24, 2.45) is 0 Å². The monoisotopic (exact) mass is 1170 g/mol. The third-order valence-electron chi connectivity index (χ3n) is 18.0. The van der Waals surface area contributed by atoms with Crippen molar-refractivity contribution < 1.29 is 24.5 Å². The molecule has 2 atom stereocenters. The first kappa shape index (κ1) is 81.3. The number of allylic oxidation sites excluding steroid dienone is 4. The van der Waals surface area contributed by atoms with Gasteiger partial charge < -0.3 is 20.3 Å². The quantitative estimate of drug-likeness (QED) is 0.0320. The molecular formula is C77H149NO5. The smallest absolute Gasteiger partial charge is 0.305 e. The first-order valence-corrected chi connectivity index (χ1v) is 38.1. The molecule has 0 radical (unpaired) electrons. The van der Waals surface area contributed by atoms with E-state index in [2.05, 4.69) is 43.5 Å².